The van der Waals surface area contributed by atoms with Gasteiger partial charge in [0.1, 0.15) is 12.2 Å². The molecule has 2 heterocycles. The lowest BCUT2D eigenvalue weighted by atomic mass is 9.83. The molecular formula is C19H26N2O4. The summed E-state index contributed by atoms with van der Waals surface area (Å²) in [6.45, 7) is 7.78. The second-order valence-electron chi connectivity index (χ2n) is 7.74. The zero-order valence-corrected chi connectivity index (χ0v) is 15.1. The van der Waals surface area contributed by atoms with Crippen molar-refractivity contribution in [2.45, 2.75) is 45.4 Å². The summed E-state index contributed by atoms with van der Waals surface area (Å²) < 4.78 is 10.8. The number of hydrogen-bond acceptors (Lipinski definition) is 4. The first kappa shape index (κ1) is 17.6. The molecule has 0 spiro atoms. The van der Waals surface area contributed by atoms with Crippen LogP contribution in [0.1, 0.15) is 32.8 Å². The van der Waals surface area contributed by atoms with Crippen LogP contribution in [0.4, 0.5) is 9.59 Å². The van der Waals surface area contributed by atoms with Crippen molar-refractivity contribution in [2.24, 2.45) is 5.92 Å². The van der Waals surface area contributed by atoms with E-state index in [1.165, 1.54) is 0 Å². The normalized spacial score (nSPS) is 22.7. The molecule has 136 valence electrons. The average molecular weight is 346 g/mol. The van der Waals surface area contributed by atoms with Crippen molar-refractivity contribution in [3.63, 3.8) is 0 Å². The second-order valence-corrected chi connectivity index (χ2v) is 7.74. The molecule has 2 aliphatic heterocycles. The Morgan fingerprint density at radius 1 is 1.12 bits per heavy atom. The van der Waals surface area contributed by atoms with Gasteiger partial charge in [0, 0.05) is 31.6 Å². The van der Waals surface area contributed by atoms with Crippen molar-refractivity contribution < 1.29 is 19.1 Å². The average Bonchev–Trinajstić information content (AvgIpc) is 2.53. The molecule has 0 unspecified atom stereocenters. The van der Waals surface area contributed by atoms with Gasteiger partial charge in [0.15, 0.2) is 0 Å². The minimum Gasteiger partial charge on any atom is -0.445 e. The number of amides is 2. The summed E-state index contributed by atoms with van der Waals surface area (Å²) in [6, 6.07) is 9.83. The van der Waals surface area contributed by atoms with E-state index in [-0.39, 0.29) is 24.8 Å². The summed E-state index contributed by atoms with van der Waals surface area (Å²) in [5.74, 6) is 0.311. The molecule has 1 aromatic rings. The molecular weight excluding hydrogens is 320 g/mol. The van der Waals surface area contributed by atoms with Crippen molar-refractivity contribution in [3.05, 3.63) is 35.9 Å². The van der Waals surface area contributed by atoms with Crippen molar-refractivity contribution in [3.8, 4) is 0 Å². The standard InChI is InChI=1S/C19H26N2O4/c1-19(2,3)25-17(22)20-10-9-16-15(11-20)12-21(16)18(23)24-13-14-7-5-4-6-8-14/h4-8,15-16H,9-13H2,1-3H3/t15-,16-/m1/s1. The number of nitrogens with zero attached hydrogens (tertiary/aromatic N) is 2. The minimum absolute atomic E-state index is 0.168. The maximum Gasteiger partial charge on any atom is 0.410 e. The van der Waals surface area contributed by atoms with Crippen LogP contribution in [0.3, 0.4) is 0 Å². The number of likely N-dealkylation sites (tertiary alicyclic amines) is 2. The van der Waals surface area contributed by atoms with Crippen LogP contribution in [0.25, 0.3) is 0 Å². The van der Waals surface area contributed by atoms with Crippen molar-refractivity contribution >= 4 is 12.2 Å². The van der Waals surface area contributed by atoms with Crippen LogP contribution in [0.15, 0.2) is 30.3 Å². The van der Waals surface area contributed by atoms with Crippen LogP contribution >= 0.6 is 0 Å². The molecule has 2 amide bonds. The molecule has 0 bridgehead atoms. The summed E-state index contributed by atoms with van der Waals surface area (Å²) in [6.07, 6.45) is 0.233. The monoisotopic (exact) mass is 346 g/mol. The Balaban J connectivity index is 1.46. The first-order valence-electron chi connectivity index (χ1n) is 8.79. The van der Waals surface area contributed by atoms with Crippen molar-refractivity contribution in [1.82, 2.24) is 9.80 Å². The molecule has 0 aromatic heterocycles. The third kappa shape index (κ3) is 4.24. The summed E-state index contributed by atoms with van der Waals surface area (Å²) in [5.41, 5.74) is 0.494. The predicted molar refractivity (Wildman–Crippen MR) is 93.0 cm³/mol. The highest BCUT2D eigenvalue weighted by Gasteiger charge is 2.47. The maximum atomic E-state index is 12.3. The topological polar surface area (TPSA) is 59.1 Å². The summed E-state index contributed by atoms with van der Waals surface area (Å²) in [4.78, 5) is 27.9. The molecule has 6 heteroatoms. The summed E-state index contributed by atoms with van der Waals surface area (Å²) >= 11 is 0. The SMILES string of the molecule is CC(C)(C)OC(=O)N1CC[C@@H]2[C@H](C1)CN2C(=O)OCc1ccccc1. The molecule has 1 aromatic carbocycles. The van der Waals surface area contributed by atoms with Gasteiger partial charge in [-0.2, -0.15) is 0 Å². The van der Waals surface area contributed by atoms with E-state index >= 15 is 0 Å². The largest absolute Gasteiger partial charge is 0.445 e. The molecule has 2 fully saturated rings. The van der Waals surface area contributed by atoms with Gasteiger partial charge in [0.2, 0.25) is 0 Å². The Kier molecular flexibility index (Phi) is 4.88. The lowest BCUT2D eigenvalue weighted by Gasteiger charge is -2.52. The lowest BCUT2D eigenvalue weighted by Crippen LogP contribution is -2.65. The highest BCUT2D eigenvalue weighted by Crippen LogP contribution is 2.33. The van der Waals surface area contributed by atoms with Gasteiger partial charge < -0.3 is 19.3 Å². The maximum absolute atomic E-state index is 12.3. The second kappa shape index (κ2) is 6.94. The summed E-state index contributed by atoms with van der Waals surface area (Å²) in [5, 5.41) is 0. The van der Waals surface area contributed by atoms with Gasteiger partial charge in [-0.05, 0) is 32.8 Å². The number of ether oxygens (including phenoxy) is 2. The molecule has 2 atom stereocenters. The molecule has 3 rings (SSSR count). The first-order chi connectivity index (χ1) is 11.8. The Morgan fingerprint density at radius 3 is 2.48 bits per heavy atom. The molecule has 2 aliphatic rings. The van der Waals surface area contributed by atoms with E-state index < -0.39 is 5.60 Å². The Hall–Kier alpha value is -2.24. The highest BCUT2D eigenvalue weighted by atomic mass is 16.6. The van der Waals surface area contributed by atoms with Gasteiger partial charge in [-0.3, -0.25) is 0 Å². The molecule has 0 radical (unpaired) electrons. The number of piperidine rings is 1. The van der Waals surface area contributed by atoms with E-state index in [9.17, 15) is 9.59 Å². The van der Waals surface area contributed by atoms with Crippen LogP contribution in [0.5, 0.6) is 0 Å². The number of hydrogen-bond donors (Lipinski definition) is 0. The van der Waals surface area contributed by atoms with E-state index in [0.717, 1.165) is 12.0 Å². The third-order valence-electron chi connectivity index (χ3n) is 4.62. The van der Waals surface area contributed by atoms with Crippen molar-refractivity contribution in [1.29, 1.82) is 0 Å². The lowest BCUT2D eigenvalue weighted by molar-refractivity contribution is -0.0463. The number of fused-ring (bicyclic) bond motifs is 1. The van der Waals surface area contributed by atoms with Gasteiger partial charge >= 0.3 is 12.2 Å². The van der Waals surface area contributed by atoms with Crippen LogP contribution in [-0.4, -0.2) is 53.3 Å². The zero-order chi connectivity index (χ0) is 18.0. The Labute approximate surface area is 148 Å². The number of rotatable bonds is 2. The molecule has 0 N–H and O–H groups in total. The predicted octanol–water partition coefficient (Wildman–Crippen LogP) is 3.26. The fourth-order valence-corrected chi connectivity index (χ4v) is 3.36. The highest BCUT2D eigenvalue weighted by molar-refractivity contribution is 5.70. The van der Waals surface area contributed by atoms with Gasteiger partial charge in [0.05, 0.1) is 0 Å². The van der Waals surface area contributed by atoms with Gasteiger partial charge in [-0.1, -0.05) is 30.3 Å². The minimum atomic E-state index is -0.485. The Morgan fingerprint density at radius 2 is 1.84 bits per heavy atom. The smallest absolute Gasteiger partial charge is 0.410 e. The molecule has 25 heavy (non-hydrogen) atoms. The molecule has 2 saturated heterocycles. The van der Waals surface area contributed by atoms with E-state index in [0.29, 0.717) is 25.6 Å². The fraction of sp³-hybridized carbons (Fsp3) is 0.579. The van der Waals surface area contributed by atoms with Crippen LogP contribution in [0.2, 0.25) is 0 Å². The molecule has 6 nitrogen and oxygen atoms in total. The Bertz CT molecular complexity index is 626. The van der Waals surface area contributed by atoms with Crippen LogP contribution < -0.4 is 0 Å². The quantitative estimate of drug-likeness (QED) is 0.825. The van der Waals surface area contributed by atoms with E-state index in [2.05, 4.69) is 0 Å². The van der Waals surface area contributed by atoms with Crippen LogP contribution in [0, 0.1) is 5.92 Å². The van der Waals surface area contributed by atoms with Crippen LogP contribution in [-0.2, 0) is 16.1 Å². The number of carbonyl (C=O) groups is 2. The third-order valence-corrected chi connectivity index (χ3v) is 4.62. The van der Waals surface area contributed by atoms with Crippen molar-refractivity contribution in [2.75, 3.05) is 19.6 Å². The molecule has 0 saturated carbocycles. The summed E-state index contributed by atoms with van der Waals surface area (Å²) in [7, 11) is 0. The van der Waals surface area contributed by atoms with E-state index in [1.807, 2.05) is 51.1 Å². The fourth-order valence-electron chi connectivity index (χ4n) is 3.36. The van der Waals surface area contributed by atoms with E-state index in [1.54, 1.807) is 9.80 Å². The first-order valence-corrected chi connectivity index (χ1v) is 8.79. The van der Waals surface area contributed by atoms with Gasteiger partial charge in [0.25, 0.3) is 0 Å². The molecule has 0 aliphatic carbocycles. The zero-order valence-electron chi connectivity index (χ0n) is 15.1. The van der Waals surface area contributed by atoms with E-state index in [4.69, 9.17) is 9.47 Å². The van der Waals surface area contributed by atoms with Gasteiger partial charge in [-0.15, -0.1) is 0 Å². The van der Waals surface area contributed by atoms with Gasteiger partial charge in [-0.25, -0.2) is 9.59 Å². The number of benzene rings is 1. The number of carbonyl (C=O) groups excluding carboxylic acids is 2.